The molecule has 0 atom stereocenters. The third kappa shape index (κ3) is 4.39. The lowest BCUT2D eigenvalue weighted by atomic mass is 10.2. The van der Waals surface area contributed by atoms with Gasteiger partial charge in [0.15, 0.2) is 11.5 Å². The molecule has 9 heteroatoms. The highest BCUT2D eigenvalue weighted by Gasteiger charge is 2.19. The largest absolute Gasteiger partial charge is 0.495 e. The van der Waals surface area contributed by atoms with E-state index >= 15 is 0 Å². The Labute approximate surface area is 157 Å². The molecule has 0 fully saturated rings. The molecule has 0 spiro atoms. The molecule has 2 aromatic rings. The van der Waals surface area contributed by atoms with Crippen molar-refractivity contribution in [1.82, 2.24) is 4.83 Å². The van der Waals surface area contributed by atoms with Crippen LogP contribution >= 0.6 is 11.6 Å². The quantitative estimate of drug-likeness (QED) is 0.572. The first-order valence-electron chi connectivity index (χ1n) is 7.43. The monoisotopic (exact) mass is 398 g/mol. The van der Waals surface area contributed by atoms with Gasteiger partial charge in [-0.15, -0.1) is 0 Å². The lowest BCUT2D eigenvalue weighted by Crippen LogP contribution is -2.19. The van der Waals surface area contributed by atoms with Crippen LogP contribution in [0.5, 0.6) is 17.2 Å². The Kier molecular flexibility index (Phi) is 6.33. The number of nitrogens with zero attached hydrogens (tertiary/aromatic N) is 1. The van der Waals surface area contributed by atoms with E-state index in [-0.39, 0.29) is 10.6 Å². The minimum Gasteiger partial charge on any atom is -0.495 e. The summed E-state index contributed by atoms with van der Waals surface area (Å²) in [4.78, 5) is 2.16. The Hall–Kier alpha value is -2.45. The molecule has 140 valence electrons. The number of ether oxygens (including phenoxy) is 3. The number of methoxy groups -OCH3 is 3. The molecular formula is C17H19ClN2O5S. The van der Waals surface area contributed by atoms with E-state index in [1.807, 2.05) is 0 Å². The average molecular weight is 399 g/mol. The van der Waals surface area contributed by atoms with Crippen molar-refractivity contribution in [2.24, 2.45) is 5.10 Å². The first-order valence-corrected chi connectivity index (χ1v) is 9.29. The van der Waals surface area contributed by atoms with Gasteiger partial charge in [-0.25, -0.2) is 0 Å². The normalized spacial score (nSPS) is 11.4. The summed E-state index contributed by atoms with van der Waals surface area (Å²) in [6, 6.07) is 8.04. The van der Waals surface area contributed by atoms with Gasteiger partial charge in [-0.2, -0.15) is 18.4 Å². The van der Waals surface area contributed by atoms with E-state index in [0.717, 1.165) is 5.56 Å². The molecule has 26 heavy (non-hydrogen) atoms. The molecule has 2 rings (SSSR count). The summed E-state index contributed by atoms with van der Waals surface area (Å²) in [6.45, 7) is 1.79. The van der Waals surface area contributed by atoms with Gasteiger partial charge in [-0.1, -0.05) is 17.7 Å². The summed E-state index contributed by atoms with van der Waals surface area (Å²) in [5, 5.41) is 4.11. The zero-order valence-corrected chi connectivity index (χ0v) is 16.3. The van der Waals surface area contributed by atoms with E-state index < -0.39 is 10.0 Å². The number of hydrogen-bond donors (Lipinski definition) is 1. The maximum atomic E-state index is 12.5. The molecule has 0 aliphatic carbocycles. The van der Waals surface area contributed by atoms with Crippen LogP contribution in [0.4, 0.5) is 0 Å². The zero-order valence-electron chi connectivity index (χ0n) is 14.7. The van der Waals surface area contributed by atoms with Crippen LogP contribution in [0, 0.1) is 6.92 Å². The minimum absolute atomic E-state index is 0.00231. The summed E-state index contributed by atoms with van der Waals surface area (Å²) >= 11 is 6.11. The van der Waals surface area contributed by atoms with Crippen molar-refractivity contribution in [1.29, 1.82) is 0 Å². The lowest BCUT2D eigenvalue weighted by molar-refractivity contribution is 0.355. The van der Waals surface area contributed by atoms with Gasteiger partial charge in [0.2, 0.25) is 0 Å². The van der Waals surface area contributed by atoms with Crippen LogP contribution in [0.15, 0.2) is 40.3 Å². The molecular weight excluding hydrogens is 380 g/mol. The van der Waals surface area contributed by atoms with Crippen LogP contribution in [-0.4, -0.2) is 36.0 Å². The van der Waals surface area contributed by atoms with Gasteiger partial charge in [-0.05, 0) is 42.3 Å². The van der Waals surface area contributed by atoms with Crippen molar-refractivity contribution < 1.29 is 22.6 Å². The van der Waals surface area contributed by atoms with E-state index in [0.29, 0.717) is 22.1 Å². The van der Waals surface area contributed by atoms with Crippen molar-refractivity contribution in [2.45, 2.75) is 11.8 Å². The third-order valence-corrected chi connectivity index (χ3v) is 4.98. The molecule has 1 N–H and O–H groups in total. The van der Waals surface area contributed by atoms with Crippen LogP contribution in [-0.2, 0) is 10.0 Å². The van der Waals surface area contributed by atoms with Crippen LogP contribution < -0.4 is 19.0 Å². The van der Waals surface area contributed by atoms with Crippen LogP contribution in [0.2, 0.25) is 5.02 Å². The fourth-order valence-corrected chi connectivity index (χ4v) is 3.57. The van der Waals surface area contributed by atoms with Crippen molar-refractivity contribution in [3.63, 3.8) is 0 Å². The Morgan fingerprint density at radius 3 is 2.35 bits per heavy atom. The van der Waals surface area contributed by atoms with Crippen molar-refractivity contribution in [3.8, 4) is 17.2 Å². The predicted molar refractivity (Wildman–Crippen MR) is 100 cm³/mol. The minimum atomic E-state index is -3.90. The molecule has 0 aliphatic heterocycles. The van der Waals surface area contributed by atoms with E-state index in [9.17, 15) is 8.42 Å². The van der Waals surface area contributed by atoms with E-state index in [4.69, 9.17) is 25.8 Å². The first kappa shape index (κ1) is 19.9. The highest BCUT2D eigenvalue weighted by Crippen LogP contribution is 2.35. The summed E-state index contributed by atoms with van der Waals surface area (Å²) in [6.07, 6.45) is 1.31. The molecule has 0 saturated carbocycles. The Balaban J connectivity index is 2.28. The topological polar surface area (TPSA) is 86.2 Å². The Morgan fingerprint density at radius 1 is 1.04 bits per heavy atom. The van der Waals surface area contributed by atoms with E-state index in [1.165, 1.54) is 33.6 Å². The molecule has 0 saturated heterocycles. The highest BCUT2D eigenvalue weighted by molar-refractivity contribution is 7.89. The van der Waals surface area contributed by atoms with Gasteiger partial charge in [0.1, 0.15) is 10.6 Å². The van der Waals surface area contributed by atoms with Crippen molar-refractivity contribution in [3.05, 3.63) is 46.5 Å². The molecule has 0 aromatic heterocycles. The zero-order chi connectivity index (χ0) is 19.3. The van der Waals surface area contributed by atoms with E-state index in [2.05, 4.69) is 9.93 Å². The number of sulfonamides is 1. The molecule has 7 nitrogen and oxygen atoms in total. The number of hydrogen-bond acceptors (Lipinski definition) is 6. The van der Waals surface area contributed by atoms with Crippen LogP contribution in [0.1, 0.15) is 11.1 Å². The molecule has 0 bridgehead atoms. The smallest absolute Gasteiger partial charge is 0.280 e. The van der Waals surface area contributed by atoms with Gasteiger partial charge >= 0.3 is 0 Å². The summed E-state index contributed by atoms with van der Waals surface area (Å²) in [5.74, 6) is 1.02. The van der Waals surface area contributed by atoms with E-state index in [1.54, 1.807) is 31.2 Å². The summed E-state index contributed by atoms with van der Waals surface area (Å²) in [5.41, 5.74) is 1.31. The Morgan fingerprint density at radius 2 is 1.73 bits per heavy atom. The molecule has 0 heterocycles. The molecule has 0 aliphatic rings. The van der Waals surface area contributed by atoms with Crippen LogP contribution in [0.3, 0.4) is 0 Å². The van der Waals surface area contributed by atoms with Crippen LogP contribution in [0.25, 0.3) is 0 Å². The maximum absolute atomic E-state index is 12.5. The highest BCUT2D eigenvalue weighted by atomic mass is 35.5. The van der Waals surface area contributed by atoms with Gasteiger partial charge in [-0.3, -0.25) is 0 Å². The number of hydrazone groups is 1. The fraction of sp³-hybridized carbons (Fsp3) is 0.235. The number of aryl methyl sites for hydroxylation is 1. The fourth-order valence-electron chi connectivity index (χ4n) is 2.23. The molecule has 2 aromatic carbocycles. The second-order valence-electron chi connectivity index (χ2n) is 5.25. The van der Waals surface area contributed by atoms with Crippen molar-refractivity contribution >= 4 is 27.8 Å². The molecule has 0 amide bonds. The third-order valence-electron chi connectivity index (χ3n) is 3.45. The standard InChI is InChI=1S/C17H19ClN2O5S/c1-11-5-6-14(23-2)16(7-11)26(21,22)20-19-10-12-8-13(18)17(25-4)15(9-12)24-3/h5-10,20H,1-4H3/b19-10+. The summed E-state index contributed by atoms with van der Waals surface area (Å²) in [7, 11) is 0.452. The number of nitrogens with one attached hydrogen (secondary N) is 1. The predicted octanol–water partition coefficient (Wildman–Crippen LogP) is 2.99. The van der Waals surface area contributed by atoms with Gasteiger partial charge in [0.25, 0.3) is 10.0 Å². The second kappa shape index (κ2) is 8.29. The molecule has 0 radical (unpaired) electrons. The number of benzene rings is 2. The van der Waals surface area contributed by atoms with Crippen molar-refractivity contribution in [2.75, 3.05) is 21.3 Å². The summed E-state index contributed by atoms with van der Waals surface area (Å²) < 4.78 is 40.4. The number of halogens is 1. The van der Waals surface area contributed by atoms with Gasteiger partial charge < -0.3 is 14.2 Å². The average Bonchev–Trinajstić information content (AvgIpc) is 2.61. The maximum Gasteiger partial charge on any atom is 0.280 e. The van der Waals surface area contributed by atoms with Gasteiger partial charge in [0.05, 0.1) is 32.6 Å². The lowest BCUT2D eigenvalue weighted by Gasteiger charge is -2.11. The first-order chi connectivity index (χ1) is 12.3. The SMILES string of the molecule is COc1ccc(C)cc1S(=O)(=O)N/N=C/c1cc(Cl)c(OC)c(OC)c1. The molecule has 0 unspecified atom stereocenters. The number of rotatable bonds is 7. The Bertz CT molecular complexity index is 929. The van der Waals surface area contributed by atoms with Gasteiger partial charge in [0, 0.05) is 0 Å². The second-order valence-corrected chi connectivity index (χ2v) is 7.28.